The van der Waals surface area contributed by atoms with Crippen molar-refractivity contribution in [1.82, 2.24) is 9.21 Å². The van der Waals surface area contributed by atoms with Gasteiger partial charge in [-0.3, -0.25) is 4.90 Å². The quantitative estimate of drug-likeness (QED) is 0.754. The van der Waals surface area contributed by atoms with Crippen LogP contribution >= 0.6 is 0 Å². The van der Waals surface area contributed by atoms with Crippen LogP contribution in [0, 0.1) is 5.82 Å². The summed E-state index contributed by atoms with van der Waals surface area (Å²) in [6.45, 7) is -0.379. The molecule has 4 rings (SSSR count). The fourth-order valence-electron chi connectivity index (χ4n) is 4.06. The number of sulfonamides is 1. The number of benzene rings is 2. The van der Waals surface area contributed by atoms with E-state index in [-0.39, 0.29) is 31.0 Å². The molecule has 2 aliphatic rings. The van der Waals surface area contributed by atoms with Crippen molar-refractivity contribution in [3.63, 3.8) is 0 Å². The van der Waals surface area contributed by atoms with Crippen LogP contribution in [0.25, 0.3) is 0 Å². The van der Waals surface area contributed by atoms with Crippen molar-refractivity contribution in [2.75, 3.05) is 26.2 Å². The number of nitrogens with zero attached hydrogens (tertiary/aromatic N) is 2. The number of ether oxygens (including phenoxy) is 1. The summed E-state index contributed by atoms with van der Waals surface area (Å²) in [5.74, 6) is -4.18. The molecule has 9 heteroatoms. The van der Waals surface area contributed by atoms with E-state index in [9.17, 15) is 12.8 Å². The van der Waals surface area contributed by atoms with E-state index >= 15 is 8.78 Å². The van der Waals surface area contributed by atoms with E-state index in [1.165, 1.54) is 12.1 Å². The van der Waals surface area contributed by atoms with Gasteiger partial charge in [-0.2, -0.15) is 4.31 Å². The normalized spacial score (nSPS) is 25.5. The first-order valence-corrected chi connectivity index (χ1v) is 10.8. The molecule has 2 fully saturated rings. The molecule has 0 bridgehead atoms. The SMILES string of the molecule is O=S(=O)(c1cccc(F)c1)N1CCOC12CCN(Cc1ccccc1)CC2(F)F. The van der Waals surface area contributed by atoms with Gasteiger partial charge in [0.25, 0.3) is 0 Å². The molecule has 0 saturated carbocycles. The number of piperidine rings is 1. The van der Waals surface area contributed by atoms with Gasteiger partial charge in [0, 0.05) is 26.1 Å². The molecule has 0 N–H and O–H groups in total. The third-order valence-electron chi connectivity index (χ3n) is 5.43. The molecule has 5 nitrogen and oxygen atoms in total. The maximum absolute atomic E-state index is 15.3. The summed E-state index contributed by atoms with van der Waals surface area (Å²) in [6, 6.07) is 13.6. The Balaban J connectivity index is 1.61. The van der Waals surface area contributed by atoms with Gasteiger partial charge in [-0.05, 0) is 23.8 Å². The summed E-state index contributed by atoms with van der Waals surface area (Å²) in [6.07, 6.45) is -0.179. The maximum atomic E-state index is 15.3. The minimum Gasteiger partial charge on any atom is -0.352 e. The Morgan fingerprint density at radius 1 is 1.03 bits per heavy atom. The topological polar surface area (TPSA) is 49.9 Å². The second kappa shape index (κ2) is 7.39. The lowest BCUT2D eigenvalue weighted by molar-refractivity contribution is -0.252. The highest BCUT2D eigenvalue weighted by atomic mass is 32.2. The zero-order chi connectivity index (χ0) is 20.7. The predicted molar refractivity (Wildman–Crippen MR) is 100 cm³/mol. The second-order valence-corrected chi connectivity index (χ2v) is 9.18. The summed E-state index contributed by atoms with van der Waals surface area (Å²) < 4.78 is 76.5. The molecule has 1 spiro atoms. The Labute approximate surface area is 167 Å². The Morgan fingerprint density at radius 3 is 2.48 bits per heavy atom. The molecular weight excluding hydrogens is 405 g/mol. The summed E-state index contributed by atoms with van der Waals surface area (Å²) >= 11 is 0. The van der Waals surface area contributed by atoms with Gasteiger partial charge in [0.05, 0.1) is 18.0 Å². The van der Waals surface area contributed by atoms with E-state index in [0.29, 0.717) is 10.8 Å². The minimum absolute atomic E-state index is 0.136. The molecule has 1 unspecified atom stereocenters. The number of rotatable bonds is 4. The second-order valence-electron chi connectivity index (χ2n) is 7.32. The van der Waals surface area contributed by atoms with Crippen LogP contribution in [0.4, 0.5) is 13.2 Å². The van der Waals surface area contributed by atoms with Gasteiger partial charge in [-0.25, -0.2) is 21.6 Å². The van der Waals surface area contributed by atoms with Gasteiger partial charge < -0.3 is 4.74 Å². The fraction of sp³-hybridized carbons (Fsp3) is 0.400. The van der Waals surface area contributed by atoms with Crippen molar-refractivity contribution in [1.29, 1.82) is 0 Å². The lowest BCUT2D eigenvalue weighted by Crippen LogP contribution is -2.67. The molecule has 0 radical (unpaired) electrons. The molecular formula is C20H21F3N2O3S. The Bertz CT molecular complexity index is 987. The summed E-state index contributed by atoms with van der Waals surface area (Å²) in [5, 5.41) is 0. The van der Waals surface area contributed by atoms with Gasteiger partial charge in [-0.1, -0.05) is 36.4 Å². The van der Waals surface area contributed by atoms with Crippen molar-refractivity contribution in [2.24, 2.45) is 0 Å². The molecule has 0 aromatic heterocycles. The third-order valence-corrected chi connectivity index (χ3v) is 7.34. The van der Waals surface area contributed by atoms with Crippen LogP contribution in [0.3, 0.4) is 0 Å². The lowest BCUT2D eigenvalue weighted by atomic mass is 9.95. The van der Waals surface area contributed by atoms with Gasteiger partial charge in [0.2, 0.25) is 15.7 Å². The summed E-state index contributed by atoms with van der Waals surface area (Å²) in [5.41, 5.74) is -1.36. The van der Waals surface area contributed by atoms with Crippen LogP contribution in [0.1, 0.15) is 12.0 Å². The molecule has 2 saturated heterocycles. The van der Waals surface area contributed by atoms with Gasteiger partial charge in [0.15, 0.2) is 0 Å². The molecule has 2 aliphatic heterocycles. The number of alkyl halides is 2. The highest BCUT2D eigenvalue weighted by Gasteiger charge is 2.66. The first-order chi connectivity index (χ1) is 13.7. The number of hydrogen-bond donors (Lipinski definition) is 0. The van der Waals surface area contributed by atoms with Crippen LogP contribution < -0.4 is 0 Å². The van der Waals surface area contributed by atoms with Crippen LogP contribution in [0.2, 0.25) is 0 Å². The summed E-state index contributed by atoms with van der Waals surface area (Å²) in [4.78, 5) is 1.24. The van der Waals surface area contributed by atoms with Crippen molar-refractivity contribution >= 4 is 10.0 Å². The smallest absolute Gasteiger partial charge is 0.303 e. The number of likely N-dealkylation sites (tertiary alicyclic amines) is 1. The Morgan fingerprint density at radius 2 is 1.79 bits per heavy atom. The predicted octanol–water partition coefficient (Wildman–Crippen LogP) is 3.08. The maximum Gasteiger partial charge on any atom is 0.303 e. The molecule has 0 aliphatic carbocycles. The van der Waals surface area contributed by atoms with Crippen LogP contribution in [0.5, 0.6) is 0 Å². The average Bonchev–Trinajstić information content (AvgIpc) is 3.12. The Hall–Kier alpha value is -1.94. The van der Waals surface area contributed by atoms with Gasteiger partial charge >= 0.3 is 5.92 Å². The third kappa shape index (κ3) is 3.56. The van der Waals surface area contributed by atoms with Crippen molar-refractivity contribution < 1.29 is 26.3 Å². The van der Waals surface area contributed by atoms with E-state index in [1.807, 2.05) is 30.3 Å². The monoisotopic (exact) mass is 426 g/mol. The number of halogens is 3. The lowest BCUT2D eigenvalue weighted by Gasteiger charge is -2.47. The molecule has 0 amide bonds. The van der Waals surface area contributed by atoms with E-state index in [1.54, 1.807) is 4.90 Å². The van der Waals surface area contributed by atoms with Gasteiger partial charge in [0.1, 0.15) is 5.82 Å². The molecule has 1 atom stereocenters. The van der Waals surface area contributed by atoms with Crippen LogP contribution in [0.15, 0.2) is 59.5 Å². The highest BCUT2D eigenvalue weighted by molar-refractivity contribution is 7.89. The molecule has 29 heavy (non-hydrogen) atoms. The molecule has 2 heterocycles. The fourth-order valence-corrected chi connectivity index (χ4v) is 5.80. The van der Waals surface area contributed by atoms with Crippen molar-refractivity contribution in [3.05, 3.63) is 66.0 Å². The van der Waals surface area contributed by atoms with E-state index in [0.717, 1.165) is 17.7 Å². The summed E-state index contributed by atoms with van der Waals surface area (Å²) in [7, 11) is -4.35. The Kier molecular flexibility index (Phi) is 5.18. The standard InChI is InChI=1S/C20H21F3N2O3S/c21-17-7-4-8-18(13-17)29(26,27)25-11-12-28-20(25)9-10-24(15-19(20,22)23)14-16-5-2-1-3-6-16/h1-8,13H,9-12,14-15H2. The van der Waals surface area contributed by atoms with Crippen molar-refractivity contribution in [3.8, 4) is 0 Å². The van der Waals surface area contributed by atoms with Crippen molar-refractivity contribution in [2.45, 2.75) is 29.5 Å². The first kappa shape index (κ1) is 20.3. The zero-order valence-corrected chi connectivity index (χ0v) is 16.4. The molecule has 156 valence electrons. The average molecular weight is 426 g/mol. The molecule has 2 aromatic rings. The first-order valence-electron chi connectivity index (χ1n) is 9.31. The van der Waals surface area contributed by atoms with Crippen LogP contribution in [-0.2, 0) is 21.3 Å². The van der Waals surface area contributed by atoms with E-state index in [4.69, 9.17) is 4.74 Å². The minimum atomic E-state index is -4.35. The number of hydrogen-bond acceptors (Lipinski definition) is 4. The van der Waals surface area contributed by atoms with Crippen LogP contribution in [-0.4, -0.2) is 55.5 Å². The van der Waals surface area contributed by atoms with Gasteiger partial charge in [-0.15, -0.1) is 0 Å². The highest BCUT2D eigenvalue weighted by Crippen LogP contribution is 2.47. The largest absolute Gasteiger partial charge is 0.352 e. The zero-order valence-electron chi connectivity index (χ0n) is 15.6. The molecule has 2 aromatic carbocycles. The van der Waals surface area contributed by atoms with E-state index in [2.05, 4.69) is 0 Å². The van der Waals surface area contributed by atoms with E-state index < -0.39 is 34.0 Å².